The maximum absolute atomic E-state index is 5.34. The number of aromatic nitrogens is 2. The Labute approximate surface area is 66.2 Å². The first-order chi connectivity index (χ1) is 5.34. The first kappa shape index (κ1) is 8.23. The molecule has 1 unspecified atom stereocenters. The third-order valence-corrected chi connectivity index (χ3v) is 1.58. The van der Waals surface area contributed by atoms with Gasteiger partial charge >= 0.3 is 0 Å². The Bertz CT molecular complexity index is 182. The van der Waals surface area contributed by atoms with Crippen molar-refractivity contribution < 1.29 is 0 Å². The van der Waals surface area contributed by atoms with Crippen LogP contribution < -0.4 is 11.1 Å². The molecule has 0 aliphatic rings. The highest BCUT2D eigenvalue weighted by Gasteiger charge is 2.03. The zero-order chi connectivity index (χ0) is 8.10. The number of nitrogens with two attached hydrogens (primary N) is 1. The molecule has 0 radical (unpaired) electrons. The summed E-state index contributed by atoms with van der Waals surface area (Å²) >= 11 is 0. The summed E-state index contributed by atoms with van der Waals surface area (Å²) in [5, 5.41) is 3.24. The molecule has 0 bridgehead atoms. The first-order valence-electron chi connectivity index (χ1n) is 3.76. The van der Waals surface area contributed by atoms with E-state index in [1.165, 1.54) is 0 Å². The van der Waals surface area contributed by atoms with Gasteiger partial charge in [-0.1, -0.05) is 0 Å². The van der Waals surface area contributed by atoms with Gasteiger partial charge < -0.3 is 16.0 Å². The summed E-state index contributed by atoms with van der Waals surface area (Å²) in [4.78, 5) is 6.96. The smallest absolute Gasteiger partial charge is 0.0922 e. The Morgan fingerprint density at radius 1 is 1.82 bits per heavy atom. The van der Waals surface area contributed by atoms with Gasteiger partial charge in [-0.25, -0.2) is 4.98 Å². The summed E-state index contributed by atoms with van der Waals surface area (Å²) in [7, 11) is 0. The summed E-state index contributed by atoms with van der Waals surface area (Å²) in [6.45, 7) is 3.57. The largest absolute Gasteiger partial charge is 0.347 e. The number of nitrogens with one attached hydrogen (secondary N) is 2. The predicted molar refractivity (Wildman–Crippen MR) is 44.1 cm³/mol. The van der Waals surface area contributed by atoms with E-state index in [2.05, 4.69) is 22.2 Å². The average molecular weight is 154 g/mol. The van der Waals surface area contributed by atoms with Crippen LogP contribution in [-0.4, -0.2) is 23.1 Å². The molecule has 0 saturated carbocycles. The Hall–Kier alpha value is -0.870. The van der Waals surface area contributed by atoms with E-state index in [1.54, 1.807) is 6.33 Å². The van der Waals surface area contributed by atoms with E-state index in [4.69, 9.17) is 5.73 Å². The van der Waals surface area contributed by atoms with Gasteiger partial charge in [0.1, 0.15) is 0 Å². The molecule has 1 rings (SSSR count). The Kier molecular flexibility index (Phi) is 3.07. The molecule has 4 nitrogen and oxygen atoms in total. The van der Waals surface area contributed by atoms with Crippen molar-refractivity contribution in [1.82, 2.24) is 15.3 Å². The summed E-state index contributed by atoms with van der Waals surface area (Å²) in [5.74, 6) is 0. The number of aromatic amines is 1. The minimum absolute atomic E-state index is 0.307. The Balaban J connectivity index is 2.36. The molecule has 4 heteroatoms. The molecule has 1 atom stereocenters. The van der Waals surface area contributed by atoms with Crippen LogP contribution in [0.3, 0.4) is 0 Å². The van der Waals surface area contributed by atoms with E-state index >= 15 is 0 Å². The summed E-state index contributed by atoms with van der Waals surface area (Å²) in [6.07, 6.45) is 3.49. The maximum Gasteiger partial charge on any atom is 0.0922 e. The molecular formula is C7H14N4. The molecule has 0 aromatic carbocycles. The fraction of sp³-hybridized carbons (Fsp3) is 0.571. The normalized spacial score (nSPS) is 13.3. The highest BCUT2D eigenvalue weighted by atomic mass is 15.0. The number of nitrogens with zero attached hydrogens (tertiary/aromatic N) is 1. The van der Waals surface area contributed by atoms with Crippen LogP contribution in [0.4, 0.5) is 0 Å². The second-order valence-corrected chi connectivity index (χ2v) is 2.47. The topological polar surface area (TPSA) is 66.7 Å². The van der Waals surface area contributed by atoms with Gasteiger partial charge in [-0.2, -0.15) is 0 Å². The summed E-state index contributed by atoms with van der Waals surface area (Å²) in [6, 6.07) is 0.307. The van der Waals surface area contributed by atoms with Crippen LogP contribution in [0, 0.1) is 0 Å². The van der Waals surface area contributed by atoms with Crippen molar-refractivity contribution in [3.05, 3.63) is 18.2 Å². The van der Waals surface area contributed by atoms with Gasteiger partial charge in [0.2, 0.25) is 0 Å². The number of rotatable bonds is 4. The van der Waals surface area contributed by atoms with E-state index < -0.39 is 0 Å². The van der Waals surface area contributed by atoms with Crippen molar-refractivity contribution in [2.75, 3.05) is 13.1 Å². The standard InChI is InChI=1S/C7H14N4/c1-6(10-3-2-8)7-4-9-5-11-7/h4-6,10H,2-3,8H2,1H3,(H,9,11). The molecule has 4 N–H and O–H groups in total. The molecule has 62 valence electrons. The minimum Gasteiger partial charge on any atom is -0.347 e. The van der Waals surface area contributed by atoms with E-state index in [9.17, 15) is 0 Å². The number of hydrogen-bond donors (Lipinski definition) is 3. The average Bonchev–Trinajstić information content (AvgIpc) is 2.52. The van der Waals surface area contributed by atoms with Crippen LogP contribution in [-0.2, 0) is 0 Å². The quantitative estimate of drug-likeness (QED) is 0.572. The third kappa shape index (κ3) is 2.32. The zero-order valence-electron chi connectivity index (χ0n) is 6.67. The number of imidazole rings is 1. The molecule has 1 aromatic heterocycles. The highest BCUT2D eigenvalue weighted by molar-refractivity contribution is 5.00. The van der Waals surface area contributed by atoms with E-state index in [0.29, 0.717) is 12.6 Å². The van der Waals surface area contributed by atoms with Gasteiger partial charge in [0.05, 0.1) is 12.0 Å². The van der Waals surface area contributed by atoms with Crippen molar-refractivity contribution in [3.8, 4) is 0 Å². The van der Waals surface area contributed by atoms with Crippen LogP contribution in [0.5, 0.6) is 0 Å². The van der Waals surface area contributed by atoms with Crippen LogP contribution in [0.15, 0.2) is 12.5 Å². The second-order valence-electron chi connectivity index (χ2n) is 2.47. The van der Waals surface area contributed by atoms with Gasteiger partial charge in [-0.05, 0) is 6.92 Å². The third-order valence-electron chi connectivity index (χ3n) is 1.58. The second kappa shape index (κ2) is 4.10. The van der Waals surface area contributed by atoms with E-state index in [0.717, 1.165) is 12.2 Å². The van der Waals surface area contributed by atoms with Crippen molar-refractivity contribution in [3.63, 3.8) is 0 Å². The molecule has 0 spiro atoms. The van der Waals surface area contributed by atoms with Crippen LogP contribution in [0.25, 0.3) is 0 Å². The van der Waals surface area contributed by atoms with Crippen LogP contribution in [0.1, 0.15) is 18.7 Å². The molecule has 0 aliphatic heterocycles. The molecular weight excluding hydrogens is 140 g/mol. The SMILES string of the molecule is CC(NCCN)c1cnc[nH]1. The minimum atomic E-state index is 0.307. The lowest BCUT2D eigenvalue weighted by atomic mass is 10.2. The number of hydrogen-bond acceptors (Lipinski definition) is 3. The van der Waals surface area contributed by atoms with Crippen molar-refractivity contribution in [2.45, 2.75) is 13.0 Å². The summed E-state index contributed by atoms with van der Waals surface area (Å²) < 4.78 is 0. The molecule has 0 fully saturated rings. The maximum atomic E-state index is 5.34. The first-order valence-corrected chi connectivity index (χ1v) is 3.76. The van der Waals surface area contributed by atoms with Gasteiger partial charge in [0, 0.05) is 25.3 Å². The molecule has 1 aromatic rings. The summed E-state index contributed by atoms with van der Waals surface area (Å²) in [5.41, 5.74) is 6.44. The Morgan fingerprint density at radius 3 is 3.18 bits per heavy atom. The molecule has 0 aliphatic carbocycles. The van der Waals surface area contributed by atoms with Crippen LogP contribution >= 0.6 is 0 Å². The predicted octanol–water partition coefficient (Wildman–Crippen LogP) is 0.0190. The lowest BCUT2D eigenvalue weighted by Crippen LogP contribution is -2.25. The monoisotopic (exact) mass is 154 g/mol. The molecule has 0 saturated heterocycles. The van der Waals surface area contributed by atoms with Crippen LogP contribution in [0.2, 0.25) is 0 Å². The van der Waals surface area contributed by atoms with E-state index in [-0.39, 0.29) is 0 Å². The van der Waals surface area contributed by atoms with Gasteiger partial charge in [0.25, 0.3) is 0 Å². The van der Waals surface area contributed by atoms with Crippen molar-refractivity contribution in [1.29, 1.82) is 0 Å². The van der Waals surface area contributed by atoms with Gasteiger partial charge in [0.15, 0.2) is 0 Å². The molecule has 11 heavy (non-hydrogen) atoms. The molecule has 1 heterocycles. The fourth-order valence-electron chi connectivity index (χ4n) is 0.913. The van der Waals surface area contributed by atoms with Crippen molar-refractivity contribution >= 4 is 0 Å². The Morgan fingerprint density at radius 2 is 2.64 bits per heavy atom. The lowest BCUT2D eigenvalue weighted by molar-refractivity contribution is 0.571. The molecule has 0 amide bonds. The van der Waals surface area contributed by atoms with Gasteiger partial charge in [-0.3, -0.25) is 0 Å². The van der Waals surface area contributed by atoms with Gasteiger partial charge in [-0.15, -0.1) is 0 Å². The van der Waals surface area contributed by atoms with Crippen molar-refractivity contribution in [2.24, 2.45) is 5.73 Å². The van der Waals surface area contributed by atoms with E-state index in [1.807, 2.05) is 6.20 Å². The zero-order valence-corrected chi connectivity index (χ0v) is 6.67. The lowest BCUT2D eigenvalue weighted by Gasteiger charge is -2.09. The highest BCUT2D eigenvalue weighted by Crippen LogP contribution is 2.05. The number of H-pyrrole nitrogens is 1. The fourth-order valence-corrected chi connectivity index (χ4v) is 0.913.